The van der Waals surface area contributed by atoms with Gasteiger partial charge in [-0.15, -0.1) is 0 Å². The Balaban J connectivity index is 2.60. The highest BCUT2D eigenvalue weighted by molar-refractivity contribution is 5.62. The summed E-state index contributed by atoms with van der Waals surface area (Å²) in [7, 11) is 0. The molecule has 1 N–H and O–H groups in total. The molecule has 2 aromatic heterocycles. The lowest BCUT2D eigenvalue weighted by molar-refractivity contribution is 0.831. The molecule has 0 aliphatic rings. The van der Waals surface area contributed by atoms with E-state index in [1.807, 2.05) is 19.2 Å². The van der Waals surface area contributed by atoms with Crippen molar-refractivity contribution < 1.29 is 0 Å². The van der Waals surface area contributed by atoms with Gasteiger partial charge in [0.1, 0.15) is 5.82 Å². The Bertz CT molecular complexity index is 605. The lowest BCUT2D eigenvalue weighted by atomic mass is 10.0. The molecule has 0 radical (unpaired) electrons. The van der Waals surface area contributed by atoms with Gasteiger partial charge in [0.05, 0.1) is 0 Å². The molecule has 0 saturated carbocycles. The summed E-state index contributed by atoms with van der Waals surface area (Å²) in [6, 6.07) is 1.98. The van der Waals surface area contributed by atoms with E-state index < -0.39 is 0 Å². The molecular weight excluding hydrogens is 248 g/mol. The van der Waals surface area contributed by atoms with Gasteiger partial charge in [-0.05, 0) is 38.3 Å². The van der Waals surface area contributed by atoms with Gasteiger partial charge in [0.25, 0.3) is 0 Å². The molecule has 4 heteroatoms. The minimum Gasteiger partial charge on any atom is -0.370 e. The number of aromatic nitrogens is 3. The van der Waals surface area contributed by atoms with Crippen LogP contribution in [-0.2, 0) is 0 Å². The van der Waals surface area contributed by atoms with E-state index in [-0.39, 0.29) is 0 Å². The highest BCUT2D eigenvalue weighted by Gasteiger charge is 2.16. The summed E-state index contributed by atoms with van der Waals surface area (Å²) < 4.78 is 0. The average Bonchev–Trinajstić information content (AvgIpc) is 2.38. The molecule has 20 heavy (non-hydrogen) atoms. The van der Waals surface area contributed by atoms with Gasteiger partial charge in [0, 0.05) is 35.8 Å². The Hall–Kier alpha value is -1.97. The first-order valence-corrected chi connectivity index (χ1v) is 7.08. The number of anilines is 1. The van der Waals surface area contributed by atoms with Gasteiger partial charge >= 0.3 is 0 Å². The van der Waals surface area contributed by atoms with Crippen molar-refractivity contribution in [2.75, 3.05) is 11.9 Å². The molecule has 0 aromatic carbocycles. The second-order valence-corrected chi connectivity index (χ2v) is 5.27. The molecule has 4 nitrogen and oxygen atoms in total. The smallest absolute Gasteiger partial charge is 0.163 e. The Kier molecular flexibility index (Phi) is 4.32. The molecule has 0 fully saturated rings. The fourth-order valence-electron chi connectivity index (χ4n) is 2.39. The lowest BCUT2D eigenvalue weighted by Crippen LogP contribution is -2.10. The van der Waals surface area contributed by atoms with Crippen molar-refractivity contribution in [2.45, 2.75) is 40.5 Å². The number of hydrogen-bond donors (Lipinski definition) is 1. The Morgan fingerprint density at radius 1 is 1.20 bits per heavy atom. The normalized spacial score (nSPS) is 10.9. The van der Waals surface area contributed by atoms with Gasteiger partial charge in [0.15, 0.2) is 5.82 Å². The molecule has 0 aliphatic heterocycles. The van der Waals surface area contributed by atoms with Crippen LogP contribution < -0.4 is 5.32 Å². The molecular formula is C16H22N4. The summed E-state index contributed by atoms with van der Waals surface area (Å²) in [6.07, 6.45) is 3.62. The van der Waals surface area contributed by atoms with Crippen LogP contribution in [0.25, 0.3) is 11.4 Å². The topological polar surface area (TPSA) is 50.7 Å². The summed E-state index contributed by atoms with van der Waals surface area (Å²) in [5.41, 5.74) is 4.35. The minimum absolute atomic E-state index is 0.396. The lowest BCUT2D eigenvalue weighted by Gasteiger charge is -2.17. The van der Waals surface area contributed by atoms with E-state index in [1.165, 1.54) is 5.56 Å². The number of hydrogen-bond acceptors (Lipinski definition) is 4. The molecule has 0 atom stereocenters. The van der Waals surface area contributed by atoms with Gasteiger partial charge in [-0.25, -0.2) is 9.97 Å². The molecule has 106 valence electrons. The van der Waals surface area contributed by atoms with Crippen LogP contribution in [0.3, 0.4) is 0 Å². The fraction of sp³-hybridized carbons (Fsp3) is 0.438. The maximum Gasteiger partial charge on any atom is 0.163 e. The van der Waals surface area contributed by atoms with Gasteiger partial charge in [-0.3, -0.25) is 4.98 Å². The summed E-state index contributed by atoms with van der Waals surface area (Å²) >= 11 is 0. The second kappa shape index (κ2) is 5.99. The molecule has 0 bridgehead atoms. The summed E-state index contributed by atoms with van der Waals surface area (Å²) in [4.78, 5) is 13.6. The van der Waals surface area contributed by atoms with Crippen molar-refractivity contribution in [3.63, 3.8) is 0 Å². The van der Waals surface area contributed by atoms with Crippen LogP contribution >= 0.6 is 0 Å². The molecule has 0 spiro atoms. The SMILES string of the molecule is CCNc1nc(-c2cnccc2C)nc(C)c1C(C)C. The van der Waals surface area contributed by atoms with Crippen molar-refractivity contribution >= 4 is 5.82 Å². The Morgan fingerprint density at radius 2 is 1.95 bits per heavy atom. The first kappa shape index (κ1) is 14.4. The number of nitrogens with one attached hydrogen (secondary N) is 1. The van der Waals surface area contributed by atoms with Gasteiger partial charge in [0.2, 0.25) is 0 Å². The van der Waals surface area contributed by atoms with E-state index in [9.17, 15) is 0 Å². The maximum atomic E-state index is 4.71. The molecule has 0 saturated heterocycles. The van der Waals surface area contributed by atoms with Crippen LogP contribution in [0.5, 0.6) is 0 Å². The number of nitrogens with zero attached hydrogens (tertiary/aromatic N) is 3. The first-order valence-electron chi connectivity index (χ1n) is 7.08. The van der Waals surface area contributed by atoms with E-state index >= 15 is 0 Å². The number of rotatable bonds is 4. The van der Waals surface area contributed by atoms with Gasteiger partial charge < -0.3 is 5.32 Å². The molecule has 0 unspecified atom stereocenters. The summed E-state index contributed by atoms with van der Waals surface area (Å²) in [5, 5.41) is 3.36. The molecule has 2 rings (SSSR count). The predicted octanol–water partition coefficient (Wildman–Crippen LogP) is 3.71. The van der Waals surface area contributed by atoms with E-state index in [2.05, 4.69) is 43.0 Å². The molecule has 0 aliphatic carbocycles. The van der Waals surface area contributed by atoms with Crippen LogP contribution in [0, 0.1) is 13.8 Å². The van der Waals surface area contributed by atoms with E-state index in [0.29, 0.717) is 5.92 Å². The zero-order valence-corrected chi connectivity index (χ0v) is 12.9. The van der Waals surface area contributed by atoms with Crippen LogP contribution in [0.1, 0.15) is 43.5 Å². The third-order valence-corrected chi connectivity index (χ3v) is 3.34. The highest BCUT2D eigenvalue weighted by Crippen LogP contribution is 2.28. The van der Waals surface area contributed by atoms with E-state index in [0.717, 1.165) is 35.0 Å². The van der Waals surface area contributed by atoms with E-state index in [1.54, 1.807) is 6.20 Å². The third kappa shape index (κ3) is 2.79. The molecule has 0 amide bonds. The van der Waals surface area contributed by atoms with Crippen LogP contribution in [0.2, 0.25) is 0 Å². The maximum absolute atomic E-state index is 4.71. The summed E-state index contributed by atoms with van der Waals surface area (Å²) in [6.45, 7) is 11.4. The van der Waals surface area contributed by atoms with E-state index in [4.69, 9.17) is 4.98 Å². The van der Waals surface area contributed by atoms with Crippen LogP contribution in [0.4, 0.5) is 5.82 Å². The van der Waals surface area contributed by atoms with Crippen LogP contribution in [-0.4, -0.2) is 21.5 Å². The van der Waals surface area contributed by atoms with Crippen molar-refractivity contribution in [1.82, 2.24) is 15.0 Å². The van der Waals surface area contributed by atoms with Crippen molar-refractivity contribution in [3.8, 4) is 11.4 Å². The average molecular weight is 270 g/mol. The second-order valence-electron chi connectivity index (χ2n) is 5.27. The number of aryl methyl sites for hydroxylation is 2. The van der Waals surface area contributed by atoms with Crippen molar-refractivity contribution in [3.05, 3.63) is 35.3 Å². The quantitative estimate of drug-likeness (QED) is 0.920. The number of pyridine rings is 1. The predicted molar refractivity (Wildman–Crippen MR) is 83.0 cm³/mol. The molecule has 2 aromatic rings. The largest absolute Gasteiger partial charge is 0.370 e. The Morgan fingerprint density at radius 3 is 2.55 bits per heavy atom. The van der Waals surface area contributed by atoms with Crippen molar-refractivity contribution in [1.29, 1.82) is 0 Å². The monoisotopic (exact) mass is 270 g/mol. The van der Waals surface area contributed by atoms with Crippen molar-refractivity contribution in [2.24, 2.45) is 0 Å². The zero-order valence-electron chi connectivity index (χ0n) is 12.9. The first-order chi connectivity index (χ1) is 9.54. The fourth-order valence-corrected chi connectivity index (χ4v) is 2.39. The van der Waals surface area contributed by atoms with Gasteiger partial charge in [-0.2, -0.15) is 0 Å². The van der Waals surface area contributed by atoms with Crippen LogP contribution in [0.15, 0.2) is 18.5 Å². The summed E-state index contributed by atoms with van der Waals surface area (Å²) in [5.74, 6) is 2.08. The standard InChI is InChI=1S/C16H22N4/c1-6-18-16-14(10(2)3)12(5)19-15(20-16)13-9-17-8-7-11(13)4/h7-10H,6H2,1-5H3,(H,18,19,20). The molecule has 2 heterocycles. The highest BCUT2D eigenvalue weighted by atomic mass is 15.0. The van der Waals surface area contributed by atoms with Gasteiger partial charge in [-0.1, -0.05) is 13.8 Å². The zero-order chi connectivity index (χ0) is 14.7. The Labute approximate surface area is 120 Å². The third-order valence-electron chi connectivity index (χ3n) is 3.34. The minimum atomic E-state index is 0.396.